The molecule has 0 bridgehead atoms. The zero-order chi connectivity index (χ0) is 15.0. The second kappa shape index (κ2) is 5.97. The molecule has 0 aromatic heterocycles. The average Bonchev–Trinajstić information content (AvgIpc) is 3.13. The van der Waals surface area contributed by atoms with Crippen molar-refractivity contribution >= 4 is 39.3 Å². The van der Waals surface area contributed by atoms with Crippen LogP contribution < -0.4 is 5.32 Å². The fraction of sp³-hybridized carbons (Fsp3) is 0.467. The van der Waals surface area contributed by atoms with E-state index in [9.17, 15) is 9.59 Å². The van der Waals surface area contributed by atoms with Crippen LogP contribution in [0, 0.1) is 0 Å². The lowest BCUT2D eigenvalue weighted by Gasteiger charge is -2.24. The number of hydrogen-bond acceptors (Lipinski definition) is 2. The highest BCUT2D eigenvalue weighted by Crippen LogP contribution is 2.27. The quantitative estimate of drug-likeness (QED) is 0.888. The Morgan fingerprint density at radius 1 is 1.29 bits per heavy atom. The van der Waals surface area contributed by atoms with Gasteiger partial charge < -0.3 is 10.2 Å². The van der Waals surface area contributed by atoms with Crippen molar-refractivity contribution in [3.8, 4) is 0 Å². The lowest BCUT2D eigenvalue weighted by atomic mass is 10.1. The molecule has 3 rings (SSSR count). The van der Waals surface area contributed by atoms with Gasteiger partial charge in [-0.25, -0.2) is 0 Å². The van der Waals surface area contributed by atoms with Crippen LogP contribution >= 0.6 is 27.5 Å². The number of likely N-dealkylation sites (tertiary alicyclic amines) is 1. The Balaban J connectivity index is 1.78. The number of rotatable bonds is 3. The van der Waals surface area contributed by atoms with E-state index in [1.165, 1.54) is 0 Å². The number of benzene rings is 1. The summed E-state index contributed by atoms with van der Waals surface area (Å²) >= 11 is 9.47. The summed E-state index contributed by atoms with van der Waals surface area (Å²) in [5.41, 5.74) is 0.442. The molecule has 2 amide bonds. The lowest BCUT2D eigenvalue weighted by molar-refractivity contribution is -0.125. The van der Waals surface area contributed by atoms with Crippen molar-refractivity contribution < 1.29 is 9.59 Å². The van der Waals surface area contributed by atoms with Crippen LogP contribution in [0.25, 0.3) is 0 Å². The summed E-state index contributed by atoms with van der Waals surface area (Å²) in [4.78, 5) is 26.6. The van der Waals surface area contributed by atoms with Crippen molar-refractivity contribution in [1.29, 1.82) is 0 Å². The molecule has 1 aromatic rings. The molecule has 0 radical (unpaired) electrons. The van der Waals surface area contributed by atoms with Crippen molar-refractivity contribution in [2.75, 3.05) is 6.54 Å². The van der Waals surface area contributed by atoms with E-state index in [1.807, 2.05) is 0 Å². The third-order valence-corrected chi connectivity index (χ3v) is 4.72. The standard InChI is InChI=1S/C15H16BrClN2O2/c16-9-3-6-12(17)11(8-9)15(21)19-7-1-2-13(19)14(20)18-10-4-5-10/h3,6,8,10,13H,1-2,4-5,7H2,(H,18,20). The summed E-state index contributed by atoms with van der Waals surface area (Å²) in [5, 5.41) is 3.40. The van der Waals surface area contributed by atoms with Crippen LogP contribution in [0.1, 0.15) is 36.0 Å². The Hall–Kier alpha value is -1.07. The molecule has 1 saturated carbocycles. The van der Waals surface area contributed by atoms with Gasteiger partial charge in [0.1, 0.15) is 6.04 Å². The molecule has 1 aliphatic heterocycles. The van der Waals surface area contributed by atoms with Crippen molar-refractivity contribution in [2.24, 2.45) is 0 Å². The van der Waals surface area contributed by atoms with E-state index in [0.29, 0.717) is 23.2 Å². The van der Waals surface area contributed by atoms with Gasteiger partial charge in [0.2, 0.25) is 5.91 Å². The molecule has 0 spiro atoms. The molecule has 112 valence electrons. The molecule has 1 atom stereocenters. The van der Waals surface area contributed by atoms with Crippen LogP contribution in [-0.4, -0.2) is 35.3 Å². The third-order valence-electron chi connectivity index (χ3n) is 3.90. The maximum Gasteiger partial charge on any atom is 0.256 e. The number of nitrogens with one attached hydrogen (secondary N) is 1. The van der Waals surface area contributed by atoms with E-state index in [1.54, 1.807) is 23.1 Å². The van der Waals surface area contributed by atoms with Gasteiger partial charge in [-0.15, -0.1) is 0 Å². The van der Waals surface area contributed by atoms with Gasteiger partial charge in [-0.2, -0.15) is 0 Å². The summed E-state index contributed by atoms with van der Waals surface area (Å²) in [6.45, 7) is 0.602. The highest BCUT2D eigenvalue weighted by Gasteiger charge is 2.37. The maximum atomic E-state index is 12.7. The van der Waals surface area contributed by atoms with Gasteiger partial charge in [0, 0.05) is 17.1 Å². The van der Waals surface area contributed by atoms with E-state index >= 15 is 0 Å². The fourth-order valence-corrected chi connectivity index (χ4v) is 3.18. The Bertz CT molecular complexity index is 589. The largest absolute Gasteiger partial charge is 0.352 e. The highest BCUT2D eigenvalue weighted by molar-refractivity contribution is 9.10. The predicted molar refractivity (Wildman–Crippen MR) is 84.4 cm³/mol. The molecule has 1 saturated heterocycles. The summed E-state index contributed by atoms with van der Waals surface area (Å²) in [5.74, 6) is -0.204. The molecule has 1 unspecified atom stereocenters. The van der Waals surface area contributed by atoms with Crippen molar-refractivity contribution in [1.82, 2.24) is 10.2 Å². The SMILES string of the molecule is O=C(NC1CC1)C1CCCN1C(=O)c1cc(Br)ccc1Cl. The Morgan fingerprint density at radius 3 is 2.76 bits per heavy atom. The van der Waals surface area contributed by atoms with Crippen molar-refractivity contribution in [3.05, 3.63) is 33.3 Å². The molecule has 1 aliphatic carbocycles. The average molecular weight is 372 g/mol. The monoisotopic (exact) mass is 370 g/mol. The third kappa shape index (κ3) is 3.24. The van der Waals surface area contributed by atoms with Crippen LogP contribution in [0.3, 0.4) is 0 Å². The fourth-order valence-electron chi connectivity index (χ4n) is 2.62. The first kappa shape index (κ1) is 14.9. The number of carbonyl (C=O) groups is 2. The summed E-state index contributed by atoms with van der Waals surface area (Å²) in [7, 11) is 0. The molecule has 1 aromatic carbocycles. The zero-order valence-corrected chi connectivity index (χ0v) is 13.8. The smallest absolute Gasteiger partial charge is 0.256 e. The van der Waals surface area contributed by atoms with Gasteiger partial charge >= 0.3 is 0 Å². The van der Waals surface area contributed by atoms with Crippen LogP contribution in [0.15, 0.2) is 22.7 Å². The molecule has 4 nitrogen and oxygen atoms in total. The predicted octanol–water partition coefficient (Wildman–Crippen LogP) is 2.99. The first-order valence-corrected chi connectivity index (χ1v) is 8.30. The molecule has 1 heterocycles. The summed E-state index contributed by atoms with van der Waals surface area (Å²) < 4.78 is 0.799. The van der Waals surface area contributed by atoms with Gasteiger partial charge in [-0.05, 0) is 43.9 Å². The minimum absolute atomic E-state index is 0.0329. The van der Waals surface area contributed by atoms with E-state index in [-0.39, 0.29) is 17.9 Å². The van der Waals surface area contributed by atoms with Gasteiger partial charge in [0.15, 0.2) is 0 Å². The molecular weight excluding hydrogens is 356 g/mol. The van der Waals surface area contributed by atoms with E-state index < -0.39 is 0 Å². The van der Waals surface area contributed by atoms with E-state index in [4.69, 9.17) is 11.6 Å². The number of halogens is 2. The van der Waals surface area contributed by atoms with Gasteiger partial charge in [0.05, 0.1) is 10.6 Å². The molecule has 6 heteroatoms. The number of hydrogen-bond donors (Lipinski definition) is 1. The minimum Gasteiger partial charge on any atom is -0.352 e. The van der Waals surface area contributed by atoms with E-state index in [0.717, 1.165) is 30.2 Å². The summed E-state index contributed by atoms with van der Waals surface area (Å²) in [6.07, 6.45) is 3.66. The van der Waals surface area contributed by atoms with Crippen LogP contribution in [0.5, 0.6) is 0 Å². The Kier molecular flexibility index (Phi) is 4.22. The lowest BCUT2D eigenvalue weighted by Crippen LogP contribution is -2.46. The molecule has 2 aliphatic rings. The number of amides is 2. The second-order valence-corrected chi connectivity index (χ2v) is 6.89. The highest BCUT2D eigenvalue weighted by atomic mass is 79.9. The first-order valence-electron chi connectivity index (χ1n) is 7.12. The Morgan fingerprint density at radius 2 is 2.05 bits per heavy atom. The topological polar surface area (TPSA) is 49.4 Å². The number of nitrogens with zero attached hydrogens (tertiary/aromatic N) is 1. The van der Waals surface area contributed by atoms with Crippen LogP contribution in [-0.2, 0) is 4.79 Å². The van der Waals surface area contributed by atoms with Crippen molar-refractivity contribution in [3.63, 3.8) is 0 Å². The normalized spacial score (nSPS) is 21.4. The Labute approximate surface area is 137 Å². The zero-order valence-electron chi connectivity index (χ0n) is 11.4. The van der Waals surface area contributed by atoms with Crippen LogP contribution in [0.2, 0.25) is 5.02 Å². The van der Waals surface area contributed by atoms with E-state index in [2.05, 4.69) is 21.2 Å². The molecule has 21 heavy (non-hydrogen) atoms. The molecule has 2 fully saturated rings. The second-order valence-electron chi connectivity index (χ2n) is 5.56. The molecular formula is C15H16BrClN2O2. The maximum absolute atomic E-state index is 12.7. The minimum atomic E-state index is -0.367. The van der Waals surface area contributed by atoms with Crippen molar-refractivity contribution in [2.45, 2.75) is 37.8 Å². The number of carbonyl (C=O) groups excluding carboxylic acids is 2. The molecule has 1 N–H and O–H groups in total. The van der Waals surface area contributed by atoms with Gasteiger partial charge in [-0.3, -0.25) is 9.59 Å². The summed E-state index contributed by atoms with van der Waals surface area (Å²) in [6, 6.07) is 5.13. The van der Waals surface area contributed by atoms with Gasteiger partial charge in [0.25, 0.3) is 5.91 Å². The van der Waals surface area contributed by atoms with Crippen LogP contribution in [0.4, 0.5) is 0 Å². The van der Waals surface area contributed by atoms with Gasteiger partial charge in [-0.1, -0.05) is 27.5 Å². The first-order chi connectivity index (χ1) is 10.1.